The van der Waals surface area contributed by atoms with Gasteiger partial charge in [-0.15, -0.1) is 0 Å². The number of amides is 1. The van der Waals surface area contributed by atoms with Gasteiger partial charge in [0.2, 0.25) is 5.91 Å². The molecule has 0 aliphatic carbocycles. The zero-order valence-corrected chi connectivity index (χ0v) is 11.8. The van der Waals surface area contributed by atoms with Gasteiger partial charge in [-0.1, -0.05) is 0 Å². The van der Waals surface area contributed by atoms with E-state index in [0.29, 0.717) is 12.6 Å². The number of ether oxygens (including phenoxy) is 1. The Labute approximate surface area is 117 Å². The quantitative estimate of drug-likeness (QED) is 0.918. The van der Waals surface area contributed by atoms with Crippen LogP contribution in [-0.2, 0) is 9.53 Å². The number of thiophene rings is 1. The standard InChI is InChI=1S/C14H20N2O2S/c17-13-9-15-14(11-5-8-19-10-11)16(13)6-4-12-3-1-2-7-18-12/h5,8,10,12,14-15H,1-4,6-7,9H2. The van der Waals surface area contributed by atoms with Crippen molar-refractivity contribution in [3.8, 4) is 0 Å². The maximum Gasteiger partial charge on any atom is 0.238 e. The first kappa shape index (κ1) is 13.1. The van der Waals surface area contributed by atoms with Crippen LogP contribution in [0, 0.1) is 0 Å². The van der Waals surface area contributed by atoms with Crippen molar-refractivity contribution in [3.05, 3.63) is 22.4 Å². The van der Waals surface area contributed by atoms with E-state index in [0.717, 1.165) is 26.0 Å². The van der Waals surface area contributed by atoms with Gasteiger partial charge in [0.05, 0.1) is 12.6 Å². The summed E-state index contributed by atoms with van der Waals surface area (Å²) in [7, 11) is 0. The van der Waals surface area contributed by atoms with Crippen LogP contribution in [-0.4, -0.2) is 36.6 Å². The second-order valence-electron chi connectivity index (χ2n) is 5.20. The van der Waals surface area contributed by atoms with Gasteiger partial charge < -0.3 is 9.64 Å². The second-order valence-corrected chi connectivity index (χ2v) is 5.98. The lowest BCUT2D eigenvalue weighted by Gasteiger charge is -2.28. The first-order valence-electron chi connectivity index (χ1n) is 7.01. The van der Waals surface area contributed by atoms with Crippen LogP contribution in [0.4, 0.5) is 0 Å². The fourth-order valence-electron chi connectivity index (χ4n) is 2.84. The zero-order chi connectivity index (χ0) is 13.1. The van der Waals surface area contributed by atoms with E-state index in [1.807, 2.05) is 4.90 Å². The summed E-state index contributed by atoms with van der Waals surface area (Å²) in [5.41, 5.74) is 1.19. The summed E-state index contributed by atoms with van der Waals surface area (Å²) in [5.74, 6) is 0.201. The molecule has 3 heterocycles. The molecule has 5 heteroatoms. The number of rotatable bonds is 4. The smallest absolute Gasteiger partial charge is 0.238 e. The Morgan fingerprint density at radius 1 is 1.47 bits per heavy atom. The van der Waals surface area contributed by atoms with Gasteiger partial charge in [0.1, 0.15) is 6.17 Å². The fourth-order valence-corrected chi connectivity index (χ4v) is 3.52. The Balaban J connectivity index is 1.59. The Hall–Kier alpha value is -0.910. The summed E-state index contributed by atoms with van der Waals surface area (Å²) in [6.07, 6.45) is 4.92. The maximum absolute atomic E-state index is 12.0. The van der Waals surface area contributed by atoms with E-state index >= 15 is 0 Å². The first-order chi connectivity index (χ1) is 9.34. The highest BCUT2D eigenvalue weighted by Crippen LogP contribution is 2.25. The second kappa shape index (κ2) is 6.03. The minimum absolute atomic E-state index is 0.0577. The van der Waals surface area contributed by atoms with E-state index in [-0.39, 0.29) is 12.1 Å². The molecule has 104 valence electrons. The molecule has 0 bridgehead atoms. The molecule has 1 aromatic heterocycles. The van der Waals surface area contributed by atoms with Crippen molar-refractivity contribution in [3.63, 3.8) is 0 Å². The number of nitrogens with zero attached hydrogens (tertiary/aromatic N) is 1. The van der Waals surface area contributed by atoms with Crippen molar-refractivity contribution in [2.75, 3.05) is 19.7 Å². The van der Waals surface area contributed by atoms with Gasteiger partial charge in [0.25, 0.3) is 0 Å². The average molecular weight is 280 g/mol. The van der Waals surface area contributed by atoms with Crippen molar-refractivity contribution in [1.29, 1.82) is 0 Å². The molecule has 2 fully saturated rings. The van der Waals surface area contributed by atoms with Crippen LogP contribution in [0.3, 0.4) is 0 Å². The Morgan fingerprint density at radius 3 is 3.16 bits per heavy atom. The summed E-state index contributed by atoms with van der Waals surface area (Å²) >= 11 is 1.67. The molecular weight excluding hydrogens is 260 g/mol. The highest BCUT2D eigenvalue weighted by molar-refractivity contribution is 7.07. The Kier molecular flexibility index (Phi) is 4.15. The van der Waals surface area contributed by atoms with Gasteiger partial charge in [-0.05, 0) is 48.1 Å². The van der Waals surface area contributed by atoms with Crippen molar-refractivity contribution in [1.82, 2.24) is 10.2 Å². The lowest BCUT2D eigenvalue weighted by molar-refractivity contribution is -0.128. The van der Waals surface area contributed by atoms with Crippen LogP contribution in [0.2, 0.25) is 0 Å². The van der Waals surface area contributed by atoms with Gasteiger partial charge in [0.15, 0.2) is 0 Å². The number of hydrogen-bond donors (Lipinski definition) is 1. The topological polar surface area (TPSA) is 41.6 Å². The minimum atomic E-state index is 0.0577. The summed E-state index contributed by atoms with van der Waals surface area (Å²) in [5, 5.41) is 7.46. The van der Waals surface area contributed by atoms with Crippen LogP contribution in [0.25, 0.3) is 0 Å². The van der Waals surface area contributed by atoms with E-state index in [2.05, 4.69) is 22.1 Å². The molecule has 19 heavy (non-hydrogen) atoms. The van der Waals surface area contributed by atoms with Gasteiger partial charge in [-0.3, -0.25) is 10.1 Å². The number of carbonyl (C=O) groups is 1. The number of hydrogen-bond acceptors (Lipinski definition) is 4. The van der Waals surface area contributed by atoms with Crippen molar-refractivity contribution >= 4 is 17.2 Å². The largest absolute Gasteiger partial charge is 0.378 e. The summed E-state index contributed by atoms with van der Waals surface area (Å²) in [6.45, 7) is 2.12. The van der Waals surface area contributed by atoms with Gasteiger partial charge in [-0.2, -0.15) is 11.3 Å². The van der Waals surface area contributed by atoms with Crippen LogP contribution in [0.5, 0.6) is 0 Å². The highest BCUT2D eigenvalue weighted by atomic mass is 32.1. The summed E-state index contributed by atoms with van der Waals surface area (Å²) in [6, 6.07) is 2.09. The third kappa shape index (κ3) is 2.99. The van der Waals surface area contributed by atoms with Gasteiger partial charge in [-0.25, -0.2) is 0 Å². The monoisotopic (exact) mass is 280 g/mol. The molecule has 3 rings (SSSR count). The minimum Gasteiger partial charge on any atom is -0.378 e. The summed E-state index contributed by atoms with van der Waals surface area (Å²) < 4.78 is 5.74. The lowest BCUT2D eigenvalue weighted by Crippen LogP contribution is -2.33. The highest BCUT2D eigenvalue weighted by Gasteiger charge is 2.32. The van der Waals surface area contributed by atoms with Crippen LogP contribution in [0.1, 0.15) is 37.4 Å². The molecule has 0 aromatic carbocycles. The first-order valence-corrected chi connectivity index (χ1v) is 7.95. The van der Waals surface area contributed by atoms with Gasteiger partial charge in [0, 0.05) is 13.2 Å². The average Bonchev–Trinajstić information content (AvgIpc) is 3.07. The van der Waals surface area contributed by atoms with Crippen molar-refractivity contribution in [2.45, 2.75) is 38.0 Å². The SMILES string of the molecule is O=C1CNC(c2ccsc2)N1CCC1CCCCO1. The van der Waals surface area contributed by atoms with E-state index in [1.54, 1.807) is 11.3 Å². The van der Waals surface area contributed by atoms with Crippen molar-refractivity contribution < 1.29 is 9.53 Å². The molecule has 2 aliphatic rings. The number of carbonyl (C=O) groups excluding carboxylic acids is 1. The van der Waals surface area contributed by atoms with Crippen molar-refractivity contribution in [2.24, 2.45) is 0 Å². The van der Waals surface area contributed by atoms with E-state index in [1.165, 1.54) is 18.4 Å². The van der Waals surface area contributed by atoms with E-state index in [4.69, 9.17) is 4.74 Å². The predicted octanol–water partition coefficient (Wildman–Crippen LogP) is 2.14. The fraction of sp³-hybridized carbons (Fsp3) is 0.643. The molecule has 1 amide bonds. The predicted molar refractivity (Wildman–Crippen MR) is 75.0 cm³/mol. The maximum atomic E-state index is 12.0. The van der Waals surface area contributed by atoms with Gasteiger partial charge >= 0.3 is 0 Å². The molecule has 2 aliphatic heterocycles. The van der Waals surface area contributed by atoms with Crippen LogP contribution in [0.15, 0.2) is 16.8 Å². The number of nitrogens with one attached hydrogen (secondary N) is 1. The Bertz CT molecular complexity index is 415. The zero-order valence-electron chi connectivity index (χ0n) is 11.0. The molecule has 1 aromatic rings. The van der Waals surface area contributed by atoms with E-state index < -0.39 is 0 Å². The molecule has 2 atom stereocenters. The third-order valence-electron chi connectivity index (χ3n) is 3.90. The molecule has 0 spiro atoms. The van der Waals surface area contributed by atoms with E-state index in [9.17, 15) is 4.79 Å². The third-order valence-corrected chi connectivity index (χ3v) is 4.61. The molecule has 2 saturated heterocycles. The molecule has 4 nitrogen and oxygen atoms in total. The molecular formula is C14H20N2O2S. The Morgan fingerprint density at radius 2 is 2.42 bits per heavy atom. The normalized spacial score (nSPS) is 28.0. The molecule has 2 unspecified atom stereocenters. The molecule has 0 saturated carbocycles. The molecule has 1 N–H and O–H groups in total. The van der Waals surface area contributed by atoms with Crippen LogP contribution < -0.4 is 5.32 Å². The van der Waals surface area contributed by atoms with Crippen LogP contribution >= 0.6 is 11.3 Å². The lowest BCUT2D eigenvalue weighted by atomic mass is 10.1. The molecule has 0 radical (unpaired) electrons. The summed E-state index contributed by atoms with van der Waals surface area (Å²) in [4.78, 5) is 13.9.